The molecule has 2 heterocycles. The molecule has 1 aromatic heterocycles. The van der Waals surface area contributed by atoms with E-state index in [9.17, 15) is 9.59 Å². The van der Waals surface area contributed by atoms with Crippen molar-refractivity contribution in [1.29, 1.82) is 0 Å². The number of rotatable bonds is 6. The van der Waals surface area contributed by atoms with Gasteiger partial charge in [-0.05, 0) is 47.2 Å². The maximum absolute atomic E-state index is 13.0. The van der Waals surface area contributed by atoms with E-state index in [1.807, 2.05) is 50.2 Å². The normalized spacial score (nSPS) is 16.4. The highest BCUT2D eigenvalue weighted by Crippen LogP contribution is 2.24. The van der Waals surface area contributed by atoms with Gasteiger partial charge in [0.05, 0.1) is 13.0 Å². The predicted octanol–water partition coefficient (Wildman–Crippen LogP) is 3.64. The molecule has 0 spiro atoms. The van der Waals surface area contributed by atoms with Crippen LogP contribution in [0.25, 0.3) is 11.1 Å². The number of benzene rings is 2. The molecule has 4 rings (SSSR count). The summed E-state index contributed by atoms with van der Waals surface area (Å²) in [5.41, 5.74) is 4.59. The number of aromatic amines is 1. The largest absolute Gasteiger partial charge is 0.497 e. The van der Waals surface area contributed by atoms with Crippen LogP contribution in [0.1, 0.15) is 41.5 Å². The minimum absolute atomic E-state index is 0.0190. The van der Waals surface area contributed by atoms with Gasteiger partial charge in [0.1, 0.15) is 11.4 Å². The summed E-state index contributed by atoms with van der Waals surface area (Å²) in [4.78, 5) is 27.4. The summed E-state index contributed by atoms with van der Waals surface area (Å²) in [7, 11) is 1.65. The van der Waals surface area contributed by atoms with Crippen LogP contribution in [0.3, 0.4) is 0 Å². The van der Waals surface area contributed by atoms with E-state index in [-0.39, 0.29) is 23.7 Å². The predicted molar refractivity (Wildman–Crippen MR) is 127 cm³/mol. The number of amides is 2. The number of nitrogens with one attached hydrogen (secondary N) is 2. The number of aromatic nitrogens is 2. The molecule has 1 aliphatic rings. The fourth-order valence-electron chi connectivity index (χ4n) is 4.05. The van der Waals surface area contributed by atoms with Crippen molar-refractivity contribution in [3.05, 3.63) is 71.5 Å². The first-order valence-corrected chi connectivity index (χ1v) is 11.3. The monoisotopic (exact) mass is 446 g/mol. The van der Waals surface area contributed by atoms with E-state index < -0.39 is 0 Å². The summed E-state index contributed by atoms with van der Waals surface area (Å²) < 4.78 is 5.22. The molecule has 2 amide bonds. The Bertz CT molecular complexity index is 1100. The maximum Gasteiger partial charge on any atom is 0.274 e. The fourth-order valence-corrected chi connectivity index (χ4v) is 4.05. The molecule has 0 radical (unpaired) electrons. The molecule has 7 nitrogen and oxygen atoms in total. The van der Waals surface area contributed by atoms with Crippen molar-refractivity contribution in [3.8, 4) is 16.9 Å². The number of H-pyrrole nitrogens is 1. The molecule has 1 unspecified atom stereocenters. The van der Waals surface area contributed by atoms with Gasteiger partial charge in [-0.3, -0.25) is 14.7 Å². The first-order chi connectivity index (χ1) is 15.9. The second-order valence-electron chi connectivity index (χ2n) is 8.73. The highest BCUT2D eigenvalue weighted by atomic mass is 16.5. The molecular weight excluding hydrogens is 416 g/mol. The van der Waals surface area contributed by atoms with Crippen molar-refractivity contribution in [2.75, 3.05) is 26.7 Å². The zero-order chi connectivity index (χ0) is 23.4. The van der Waals surface area contributed by atoms with Crippen LogP contribution >= 0.6 is 0 Å². The molecule has 1 atom stereocenters. The molecule has 2 N–H and O–H groups in total. The van der Waals surface area contributed by atoms with Crippen LogP contribution in [0.15, 0.2) is 54.6 Å². The number of hydrogen-bond acceptors (Lipinski definition) is 4. The standard InChI is InChI=1S/C26H30N4O3/c1-17(2)23-15-24(29-28-23)26(32)30-13-12-27-25(31)21(16-30)14-18-4-6-19(7-5-18)20-8-10-22(33-3)11-9-20/h4-11,15,17,21H,12-14,16H2,1-3H3,(H,27,31)(H,28,29). The molecule has 1 aliphatic heterocycles. The molecule has 1 fully saturated rings. The summed E-state index contributed by atoms with van der Waals surface area (Å²) in [6.45, 7) is 5.38. The average Bonchev–Trinajstić information content (AvgIpc) is 3.26. The third-order valence-electron chi connectivity index (χ3n) is 6.08. The molecule has 2 aromatic carbocycles. The van der Waals surface area contributed by atoms with E-state index in [0.717, 1.165) is 28.1 Å². The van der Waals surface area contributed by atoms with E-state index in [0.29, 0.717) is 31.7 Å². The number of nitrogens with zero attached hydrogens (tertiary/aromatic N) is 2. The van der Waals surface area contributed by atoms with Crippen LogP contribution in [0, 0.1) is 5.92 Å². The first-order valence-electron chi connectivity index (χ1n) is 11.3. The molecule has 172 valence electrons. The molecule has 0 saturated carbocycles. The number of methoxy groups -OCH3 is 1. The van der Waals surface area contributed by atoms with Crippen LogP contribution in [0.5, 0.6) is 5.75 Å². The van der Waals surface area contributed by atoms with Crippen LogP contribution < -0.4 is 10.1 Å². The first kappa shape index (κ1) is 22.6. The van der Waals surface area contributed by atoms with Crippen molar-refractivity contribution < 1.29 is 14.3 Å². The third-order valence-corrected chi connectivity index (χ3v) is 6.08. The zero-order valence-electron chi connectivity index (χ0n) is 19.3. The van der Waals surface area contributed by atoms with Crippen molar-refractivity contribution in [3.63, 3.8) is 0 Å². The minimum Gasteiger partial charge on any atom is -0.497 e. The van der Waals surface area contributed by atoms with Crippen LogP contribution in [-0.2, 0) is 11.2 Å². The Morgan fingerprint density at radius 3 is 2.39 bits per heavy atom. The Hall–Kier alpha value is -3.61. The number of carbonyl (C=O) groups is 2. The number of carbonyl (C=O) groups excluding carboxylic acids is 2. The van der Waals surface area contributed by atoms with Gasteiger partial charge in [0.25, 0.3) is 5.91 Å². The summed E-state index contributed by atoms with van der Waals surface area (Å²) in [6, 6.07) is 17.9. The van der Waals surface area contributed by atoms with Gasteiger partial charge in [0, 0.05) is 25.3 Å². The van der Waals surface area contributed by atoms with E-state index in [4.69, 9.17) is 4.74 Å². The molecule has 0 bridgehead atoms. The van der Waals surface area contributed by atoms with Crippen LogP contribution in [0.2, 0.25) is 0 Å². The zero-order valence-corrected chi connectivity index (χ0v) is 19.3. The fraction of sp³-hybridized carbons (Fsp3) is 0.346. The lowest BCUT2D eigenvalue weighted by Crippen LogP contribution is -2.37. The van der Waals surface area contributed by atoms with Crippen molar-refractivity contribution in [2.24, 2.45) is 5.92 Å². The molecular formula is C26H30N4O3. The molecule has 7 heteroatoms. The van der Waals surface area contributed by atoms with Gasteiger partial charge in [0.15, 0.2) is 0 Å². The Morgan fingerprint density at radius 1 is 1.12 bits per heavy atom. The Labute approximate surface area is 194 Å². The third kappa shape index (κ3) is 5.25. The van der Waals surface area contributed by atoms with Crippen LogP contribution in [-0.4, -0.2) is 53.7 Å². The van der Waals surface area contributed by atoms with Crippen molar-refractivity contribution in [2.45, 2.75) is 26.2 Å². The lowest BCUT2D eigenvalue weighted by molar-refractivity contribution is -0.124. The molecule has 3 aromatic rings. The highest BCUT2D eigenvalue weighted by Gasteiger charge is 2.29. The summed E-state index contributed by atoms with van der Waals surface area (Å²) in [5.74, 6) is 0.611. The quantitative estimate of drug-likeness (QED) is 0.605. The van der Waals surface area contributed by atoms with E-state index in [1.165, 1.54) is 0 Å². The van der Waals surface area contributed by atoms with Crippen molar-refractivity contribution in [1.82, 2.24) is 20.4 Å². The summed E-state index contributed by atoms with van der Waals surface area (Å²) in [6.07, 6.45) is 0.566. The lowest BCUT2D eigenvalue weighted by Gasteiger charge is -2.22. The summed E-state index contributed by atoms with van der Waals surface area (Å²) in [5, 5.41) is 10.1. The Balaban J connectivity index is 1.45. The second-order valence-corrected chi connectivity index (χ2v) is 8.73. The summed E-state index contributed by atoms with van der Waals surface area (Å²) >= 11 is 0. The van der Waals surface area contributed by atoms with Gasteiger partial charge in [-0.25, -0.2) is 0 Å². The number of ether oxygens (including phenoxy) is 1. The average molecular weight is 447 g/mol. The van der Waals surface area contributed by atoms with E-state index in [2.05, 4.69) is 27.6 Å². The molecule has 0 aliphatic carbocycles. The van der Waals surface area contributed by atoms with E-state index in [1.54, 1.807) is 18.1 Å². The van der Waals surface area contributed by atoms with Gasteiger partial charge >= 0.3 is 0 Å². The van der Waals surface area contributed by atoms with Crippen molar-refractivity contribution >= 4 is 11.8 Å². The number of hydrogen-bond donors (Lipinski definition) is 2. The lowest BCUT2D eigenvalue weighted by atomic mass is 9.96. The second kappa shape index (κ2) is 9.90. The molecule has 1 saturated heterocycles. The van der Waals surface area contributed by atoms with Crippen LogP contribution in [0.4, 0.5) is 0 Å². The minimum atomic E-state index is -0.313. The maximum atomic E-state index is 13.0. The molecule has 33 heavy (non-hydrogen) atoms. The van der Waals surface area contributed by atoms with Gasteiger partial charge in [-0.1, -0.05) is 50.2 Å². The van der Waals surface area contributed by atoms with Gasteiger partial charge in [-0.15, -0.1) is 0 Å². The van der Waals surface area contributed by atoms with Gasteiger partial charge < -0.3 is 15.0 Å². The van der Waals surface area contributed by atoms with Gasteiger partial charge in [-0.2, -0.15) is 5.10 Å². The van der Waals surface area contributed by atoms with E-state index >= 15 is 0 Å². The van der Waals surface area contributed by atoms with Gasteiger partial charge in [0.2, 0.25) is 5.91 Å². The Kier molecular flexibility index (Phi) is 6.77. The Morgan fingerprint density at radius 2 is 1.79 bits per heavy atom. The smallest absolute Gasteiger partial charge is 0.274 e. The topological polar surface area (TPSA) is 87.3 Å². The SMILES string of the molecule is COc1ccc(-c2ccc(CC3CN(C(=O)c4cc(C(C)C)[nH]n4)CCNC3=O)cc2)cc1. The highest BCUT2D eigenvalue weighted by molar-refractivity contribution is 5.93.